The van der Waals surface area contributed by atoms with Gasteiger partial charge in [-0.1, -0.05) is 56.1 Å². The van der Waals surface area contributed by atoms with E-state index in [0.29, 0.717) is 0 Å². The number of ether oxygens (including phenoxy) is 2. The fourth-order valence-corrected chi connectivity index (χ4v) is 3.94. The van der Waals surface area contributed by atoms with E-state index >= 15 is 0 Å². The van der Waals surface area contributed by atoms with Crippen molar-refractivity contribution in [3.05, 3.63) is 59.7 Å². The lowest BCUT2D eigenvalue weighted by Gasteiger charge is -2.16. The highest BCUT2D eigenvalue weighted by atomic mass is 79.9. The van der Waals surface area contributed by atoms with Gasteiger partial charge in [-0.25, -0.2) is 0 Å². The van der Waals surface area contributed by atoms with Crippen molar-refractivity contribution in [2.24, 2.45) is 0 Å². The molecule has 2 rings (SSSR count). The number of methoxy groups -OCH3 is 2. The van der Waals surface area contributed by atoms with Gasteiger partial charge in [-0.3, -0.25) is 0 Å². The maximum Gasteiger partial charge on any atom is 0.118 e. The standard InChI is InChI=1S/C17H18Br2O2/c1-20-14-7-3-12(4-8-14)16(18)11-17(19)13-5-9-15(21-2)10-6-13/h3-10,16-17H,11H2,1-2H3/t16-,17+. The van der Waals surface area contributed by atoms with E-state index in [1.54, 1.807) is 14.2 Å². The zero-order chi connectivity index (χ0) is 15.2. The highest BCUT2D eigenvalue weighted by Crippen LogP contribution is 2.38. The van der Waals surface area contributed by atoms with E-state index in [1.165, 1.54) is 11.1 Å². The summed E-state index contributed by atoms with van der Waals surface area (Å²) in [4.78, 5) is 0.574. The van der Waals surface area contributed by atoms with Crippen molar-refractivity contribution < 1.29 is 9.47 Å². The van der Waals surface area contributed by atoms with Gasteiger partial charge in [0.25, 0.3) is 0 Å². The molecule has 0 aliphatic carbocycles. The number of rotatable bonds is 6. The van der Waals surface area contributed by atoms with Gasteiger partial charge in [0.2, 0.25) is 0 Å². The molecule has 0 N–H and O–H groups in total. The van der Waals surface area contributed by atoms with Crippen LogP contribution in [0.15, 0.2) is 48.5 Å². The van der Waals surface area contributed by atoms with Crippen molar-refractivity contribution in [3.8, 4) is 11.5 Å². The lowest BCUT2D eigenvalue weighted by Crippen LogP contribution is -1.97. The first-order chi connectivity index (χ1) is 10.1. The lowest BCUT2D eigenvalue weighted by atomic mass is 10.0. The molecule has 2 atom stereocenters. The normalized spacial score (nSPS) is 13.5. The lowest BCUT2D eigenvalue weighted by molar-refractivity contribution is 0.414. The quantitative estimate of drug-likeness (QED) is 0.568. The van der Waals surface area contributed by atoms with Crippen LogP contribution in [0.5, 0.6) is 11.5 Å². The van der Waals surface area contributed by atoms with Crippen LogP contribution in [-0.2, 0) is 0 Å². The zero-order valence-electron chi connectivity index (χ0n) is 12.1. The Balaban J connectivity index is 2.01. The van der Waals surface area contributed by atoms with Crippen LogP contribution in [0.4, 0.5) is 0 Å². The Morgan fingerprint density at radius 1 is 0.714 bits per heavy atom. The van der Waals surface area contributed by atoms with Crippen molar-refractivity contribution >= 4 is 31.9 Å². The first-order valence-electron chi connectivity index (χ1n) is 6.70. The van der Waals surface area contributed by atoms with Gasteiger partial charge in [0.1, 0.15) is 11.5 Å². The molecule has 0 aliphatic rings. The van der Waals surface area contributed by atoms with Crippen molar-refractivity contribution in [1.29, 1.82) is 0 Å². The Morgan fingerprint density at radius 3 is 1.33 bits per heavy atom. The third kappa shape index (κ3) is 4.48. The molecule has 0 aromatic heterocycles. The van der Waals surface area contributed by atoms with E-state index in [0.717, 1.165) is 17.9 Å². The van der Waals surface area contributed by atoms with Gasteiger partial charge in [-0.05, 0) is 41.8 Å². The Kier molecular flexibility index (Phi) is 6.12. The molecule has 0 saturated heterocycles. The van der Waals surface area contributed by atoms with Gasteiger partial charge >= 0.3 is 0 Å². The van der Waals surface area contributed by atoms with Gasteiger partial charge in [0, 0.05) is 9.65 Å². The predicted molar refractivity (Wildman–Crippen MR) is 93.9 cm³/mol. The van der Waals surface area contributed by atoms with E-state index in [4.69, 9.17) is 9.47 Å². The van der Waals surface area contributed by atoms with Crippen LogP contribution in [0.3, 0.4) is 0 Å². The van der Waals surface area contributed by atoms with Crippen molar-refractivity contribution in [1.82, 2.24) is 0 Å². The number of hydrogen-bond donors (Lipinski definition) is 0. The van der Waals surface area contributed by atoms with Crippen LogP contribution in [0.2, 0.25) is 0 Å². The Labute approximate surface area is 142 Å². The van der Waals surface area contributed by atoms with Gasteiger partial charge < -0.3 is 9.47 Å². The first-order valence-corrected chi connectivity index (χ1v) is 8.53. The molecule has 0 aliphatic heterocycles. The molecule has 4 heteroatoms. The molecule has 21 heavy (non-hydrogen) atoms. The molecule has 0 saturated carbocycles. The molecule has 0 heterocycles. The number of halogens is 2. The molecular formula is C17H18Br2O2. The number of hydrogen-bond acceptors (Lipinski definition) is 2. The minimum absolute atomic E-state index is 0.287. The Hall–Kier alpha value is -1.00. The molecule has 112 valence electrons. The van der Waals surface area contributed by atoms with E-state index < -0.39 is 0 Å². The molecule has 0 radical (unpaired) electrons. The smallest absolute Gasteiger partial charge is 0.118 e. The second kappa shape index (κ2) is 7.85. The van der Waals surface area contributed by atoms with Crippen molar-refractivity contribution in [3.63, 3.8) is 0 Å². The summed E-state index contributed by atoms with van der Waals surface area (Å²) in [6.07, 6.45) is 0.957. The molecule has 2 aromatic carbocycles. The largest absolute Gasteiger partial charge is 0.497 e. The number of benzene rings is 2. The van der Waals surface area contributed by atoms with Crippen LogP contribution in [0, 0.1) is 0 Å². The summed E-state index contributed by atoms with van der Waals surface area (Å²) in [5.41, 5.74) is 2.49. The number of alkyl halides is 2. The fraction of sp³-hybridized carbons (Fsp3) is 0.294. The Morgan fingerprint density at radius 2 is 1.05 bits per heavy atom. The van der Waals surface area contributed by atoms with Gasteiger partial charge in [0.05, 0.1) is 14.2 Å². The van der Waals surface area contributed by atoms with E-state index in [9.17, 15) is 0 Å². The average molecular weight is 414 g/mol. The maximum atomic E-state index is 5.18. The van der Waals surface area contributed by atoms with Gasteiger partial charge in [-0.2, -0.15) is 0 Å². The summed E-state index contributed by atoms with van der Waals surface area (Å²) in [6, 6.07) is 16.3. The first kappa shape index (κ1) is 16.4. The summed E-state index contributed by atoms with van der Waals surface area (Å²) in [6.45, 7) is 0. The molecule has 0 bridgehead atoms. The van der Waals surface area contributed by atoms with Crippen LogP contribution < -0.4 is 9.47 Å². The monoisotopic (exact) mass is 412 g/mol. The molecule has 0 amide bonds. The summed E-state index contributed by atoms with van der Waals surface area (Å²) in [5.74, 6) is 1.76. The molecular weight excluding hydrogens is 396 g/mol. The fourth-order valence-electron chi connectivity index (χ4n) is 2.08. The summed E-state index contributed by atoms with van der Waals surface area (Å²) in [7, 11) is 3.36. The molecule has 2 nitrogen and oxygen atoms in total. The zero-order valence-corrected chi connectivity index (χ0v) is 15.2. The van der Waals surface area contributed by atoms with Crippen LogP contribution >= 0.6 is 31.9 Å². The SMILES string of the molecule is COc1ccc([C@H](Br)C[C@H](Br)c2ccc(OC)cc2)cc1. The third-order valence-corrected chi connectivity index (χ3v) is 5.17. The minimum atomic E-state index is 0.287. The van der Waals surface area contributed by atoms with Crippen LogP contribution in [0.1, 0.15) is 27.2 Å². The van der Waals surface area contributed by atoms with E-state index in [2.05, 4.69) is 56.1 Å². The Bertz CT molecular complexity index is 501. The van der Waals surface area contributed by atoms with Crippen molar-refractivity contribution in [2.75, 3.05) is 14.2 Å². The molecule has 0 spiro atoms. The molecule has 0 unspecified atom stereocenters. The molecule has 0 fully saturated rings. The highest BCUT2D eigenvalue weighted by Gasteiger charge is 2.15. The average Bonchev–Trinajstić information content (AvgIpc) is 2.55. The van der Waals surface area contributed by atoms with Crippen LogP contribution in [-0.4, -0.2) is 14.2 Å². The minimum Gasteiger partial charge on any atom is -0.497 e. The maximum absolute atomic E-state index is 5.18. The van der Waals surface area contributed by atoms with Gasteiger partial charge in [-0.15, -0.1) is 0 Å². The van der Waals surface area contributed by atoms with Crippen molar-refractivity contribution in [2.45, 2.75) is 16.1 Å². The third-order valence-electron chi connectivity index (χ3n) is 3.37. The predicted octanol–water partition coefficient (Wildman–Crippen LogP) is 5.67. The van der Waals surface area contributed by atoms with E-state index in [-0.39, 0.29) is 9.65 Å². The summed E-state index contributed by atoms with van der Waals surface area (Å²) in [5, 5.41) is 0. The van der Waals surface area contributed by atoms with Gasteiger partial charge in [0.15, 0.2) is 0 Å². The second-order valence-electron chi connectivity index (χ2n) is 4.72. The summed E-state index contributed by atoms with van der Waals surface area (Å²) >= 11 is 7.53. The topological polar surface area (TPSA) is 18.5 Å². The van der Waals surface area contributed by atoms with Crippen LogP contribution in [0.25, 0.3) is 0 Å². The summed E-state index contributed by atoms with van der Waals surface area (Å²) < 4.78 is 10.4. The van der Waals surface area contributed by atoms with E-state index in [1.807, 2.05) is 24.3 Å². The molecule has 2 aromatic rings. The highest BCUT2D eigenvalue weighted by molar-refractivity contribution is 9.09. The second-order valence-corrected chi connectivity index (χ2v) is 6.93.